The number of carbonyl (C=O) groups is 1. The highest BCUT2D eigenvalue weighted by Gasteiger charge is 2.48. The van der Waals surface area contributed by atoms with Crippen molar-refractivity contribution in [3.05, 3.63) is 33.1 Å². The second-order valence-electron chi connectivity index (χ2n) is 7.17. The minimum atomic E-state index is -4.52. The number of carbonyl (C=O) groups excluding carboxylic acids is 1. The van der Waals surface area contributed by atoms with Gasteiger partial charge in [-0.05, 0) is 11.4 Å². The Bertz CT molecular complexity index is 883. The first kappa shape index (κ1) is 21.4. The number of aromatic nitrogens is 2. The van der Waals surface area contributed by atoms with Crippen LogP contribution in [0.5, 0.6) is 0 Å². The van der Waals surface area contributed by atoms with Crippen LogP contribution in [0.2, 0.25) is 5.02 Å². The van der Waals surface area contributed by atoms with Crippen LogP contribution in [0.15, 0.2) is 17.5 Å². The maximum atomic E-state index is 13.7. The number of fused-ring (bicyclic) bond motifs is 1. The number of nitrogens with zero attached hydrogens (tertiary/aromatic N) is 3. The fraction of sp³-hybridized carbons (Fsp3) is 0.556. The molecule has 1 saturated heterocycles. The molecule has 164 valence electrons. The molecule has 0 aromatic carbocycles. The summed E-state index contributed by atoms with van der Waals surface area (Å²) in [6.45, 7) is 3.79. The molecule has 2 aromatic heterocycles. The highest BCUT2D eigenvalue weighted by atomic mass is 35.5. The first-order valence-corrected chi connectivity index (χ1v) is 10.8. The second kappa shape index (κ2) is 8.74. The maximum absolute atomic E-state index is 13.7. The van der Waals surface area contributed by atoms with E-state index in [1.54, 1.807) is 17.5 Å². The van der Waals surface area contributed by atoms with Crippen molar-refractivity contribution in [3.63, 3.8) is 0 Å². The van der Waals surface area contributed by atoms with Gasteiger partial charge in [0.25, 0.3) is 5.91 Å². The van der Waals surface area contributed by atoms with Gasteiger partial charge in [0, 0.05) is 37.5 Å². The molecule has 0 spiro atoms. The van der Waals surface area contributed by atoms with E-state index in [4.69, 9.17) is 16.3 Å². The minimum absolute atomic E-state index is 0.0157. The number of nitrogens with one attached hydrogen (secondary N) is 2. The van der Waals surface area contributed by atoms with Crippen molar-refractivity contribution >= 4 is 34.7 Å². The van der Waals surface area contributed by atoms with Crippen LogP contribution in [0.3, 0.4) is 0 Å². The van der Waals surface area contributed by atoms with Crippen LogP contribution in [-0.2, 0) is 4.74 Å². The van der Waals surface area contributed by atoms with Crippen LogP contribution in [-0.4, -0.2) is 66.2 Å². The number of alkyl halides is 3. The van der Waals surface area contributed by atoms with Gasteiger partial charge in [0.1, 0.15) is 10.8 Å². The lowest BCUT2D eigenvalue weighted by Crippen LogP contribution is -2.41. The molecule has 0 aliphatic carbocycles. The summed E-state index contributed by atoms with van der Waals surface area (Å²) in [6, 6.07) is 1.13. The molecule has 7 nitrogen and oxygen atoms in total. The summed E-state index contributed by atoms with van der Waals surface area (Å²) in [7, 11) is 0. The van der Waals surface area contributed by atoms with E-state index in [-0.39, 0.29) is 23.0 Å². The third kappa shape index (κ3) is 4.43. The summed E-state index contributed by atoms with van der Waals surface area (Å²) in [4.78, 5) is 15.5. The fourth-order valence-corrected chi connectivity index (χ4v) is 4.70. The number of morpholine rings is 1. The molecular formula is C18H21ClF3N5O2S. The molecule has 2 N–H and O–H groups in total. The van der Waals surface area contributed by atoms with Crippen molar-refractivity contribution in [1.29, 1.82) is 0 Å². The zero-order chi connectivity index (χ0) is 21.3. The predicted octanol–water partition coefficient (Wildman–Crippen LogP) is 3.32. The number of hydrogen-bond donors (Lipinski definition) is 2. The maximum Gasteiger partial charge on any atom is 0.410 e. The van der Waals surface area contributed by atoms with Gasteiger partial charge in [-0.1, -0.05) is 17.7 Å². The quantitative estimate of drug-likeness (QED) is 0.711. The SMILES string of the molecule is O=C(NCCN1CCOCC1)c1nn2c(c1Cl)N[C@@H](c1cccs1)C[C@H]2C(F)(F)F. The van der Waals surface area contributed by atoms with Gasteiger partial charge in [-0.25, -0.2) is 4.68 Å². The molecule has 1 amide bonds. The van der Waals surface area contributed by atoms with Crippen LogP contribution in [0.4, 0.5) is 19.0 Å². The van der Waals surface area contributed by atoms with Crippen molar-refractivity contribution in [2.24, 2.45) is 0 Å². The van der Waals surface area contributed by atoms with Crippen molar-refractivity contribution < 1.29 is 22.7 Å². The summed E-state index contributed by atoms with van der Waals surface area (Å²) in [5, 5.41) is 11.4. The summed E-state index contributed by atoms with van der Waals surface area (Å²) in [5.74, 6) is -0.576. The highest BCUT2D eigenvalue weighted by molar-refractivity contribution is 7.10. The Morgan fingerprint density at radius 2 is 2.17 bits per heavy atom. The van der Waals surface area contributed by atoms with E-state index in [9.17, 15) is 18.0 Å². The lowest BCUT2D eigenvalue weighted by atomic mass is 10.0. The van der Waals surface area contributed by atoms with Gasteiger partial charge in [-0.15, -0.1) is 11.3 Å². The lowest BCUT2D eigenvalue weighted by Gasteiger charge is -2.32. The fourth-order valence-electron chi connectivity index (χ4n) is 3.65. The summed E-state index contributed by atoms with van der Waals surface area (Å²) in [6.07, 6.45) is -4.75. The van der Waals surface area contributed by atoms with E-state index in [0.29, 0.717) is 26.3 Å². The zero-order valence-electron chi connectivity index (χ0n) is 15.9. The van der Waals surface area contributed by atoms with Crippen LogP contribution in [0, 0.1) is 0 Å². The molecule has 2 aromatic rings. The molecule has 0 saturated carbocycles. The minimum Gasteiger partial charge on any atom is -0.379 e. The lowest BCUT2D eigenvalue weighted by molar-refractivity contribution is -0.173. The molecule has 30 heavy (non-hydrogen) atoms. The van der Waals surface area contributed by atoms with E-state index in [2.05, 4.69) is 20.6 Å². The first-order chi connectivity index (χ1) is 14.3. The van der Waals surface area contributed by atoms with Crippen LogP contribution >= 0.6 is 22.9 Å². The number of ether oxygens (including phenoxy) is 1. The van der Waals surface area contributed by atoms with Gasteiger partial charge in [0.05, 0.1) is 19.3 Å². The molecule has 0 radical (unpaired) electrons. The third-order valence-electron chi connectivity index (χ3n) is 5.21. The summed E-state index contributed by atoms with van der Waals surface area (Å²) < 4.78 is 47.3. The number of anilines is 1. The Labute approximate surface area is 180 Å². The average molecular weight is 464 g/mol. The molecule has 4 heterocycles. The number of amides is 1. The number of rotatable bonds is 5. The topological polar surface area (TPSA) is 71.4 Å². The zero-order valence-corrected chi connectivity index (χ0v) is 17.5. The molecule has 0 unspecified atom stereocenters. The van der Waals surface area contributed by atoms with Gasteiger partial charge in [0.2, 0.25) is 0 Å². The molecule has 2 aliphatic rings. The molecule has 1 fully saturated rings. The predicted molar refractivity (Wildman–Crippen MR) is 107 cm³/mol. The smallest absolute Gasteiger partial charge is 0.379 e. The van der Waals surface area contributed by atoms with Gasteiger partial charge >= 0.3 is 6.18 Å². The van der Waals surface area contributed by atoms with Crippen LogP contribution in [0.1, 0.15) is 33.9 Å². The van der Waals surface area contributed by atoms with Crippen LogP contribution < -0.4 is 10.6 Å². The summed E-state index contributed by atoms with van der Waals surface area (Å²) in [5.41, 5.74) is -0.206. The van der Waals surface area contributed by atoms with Gasteiger partial charge in [0.15, 0.2) is 11.7 Å². The standard InChI is InChI=1S/C18H21ClF3N5O2S/c19-14-15(17(28)23-3-4-26-5-7-29-8-6-26)25-27-13(18(20,21)22)10-11(24-16(14)27)12-2-1-9-30-12/h1-2,9,11,13,24H,3-8,10H2,(H,23,28)/t11-,13+/m1/s1. The third-order valence-corrected chi connectivity index (χ3v) is 6.56. The van der Waals surface area contributed by atoms with E-state index in [0.717, 1.165) is 22.6 Å². The molecule has 4 rings (SSSR count). The Kier molecular flexibility index (Phi) is 6.24. The van der Waals surface area contributed by atoms with E-state index < -0.39 is 24.2 Å². The van der Waals surface area contributed by atoms with Crippen molar-refractivity contribution in [1.82, 2.24) is 20.0 Å². The Morgan fingerprint density at radius 1 is 1.40 bits per heavy atom. The van der Waals surface area contributed by atoms with Gasteiger partial charge in [-0.3, -0.25) is 9.69 Å². The molecule has 2 aliphatic heterocycles. The second-order valence-corrected chi connectivity index (χ2v) is 8.53. The van der Waals surface area contributed by atoms with Gasteiger partial charge < -0.3 is 15.4 Å². The monoisotopic (exact) mass is 463 g/mol. The Morgan fingerprint density at radius 3 is 2.83 bits per heavy atom. The Hall–Kier alpha value is -1.82. The van der Waals surface area contributed by atoms with E-state index in [1.165, 1.54) is 11.3 Å². The Balaban J connectivity index is 1.51. The van der Waals surface area contributed by atoms with Crippen molar-refractivity contribution in [3.8, 4) is 0 Å². The molecule has 0 bridgehead atoms. The number of halogens is 4. The van der Waals surface area contributed by atoms with Crippen molar-refractivity contribution in [2.75, 3.05) is 44.7 Å². The number of thiophene rings is 1. The summed E-state index contributed by atoms with van der Waals surface area (Å²) >= 11 is 7.67. The average Bonchev–Trinajstić information content (AvgIpc) is 3.36. The van der Waals surface area contributed by atoms with Crippen molar-refractivity contribution in [2.45, 2.75) is 24.7 Å². The van der Waals surface area contributed by atoms with E-state index >= 15 is 0 Å². The molecular weight excluding hydrogens is 443 g/mol. The van der Waals surface area contributed by atoms with Crippen LogP contribution in [0.25, 0.3) is 0 Å². The normalized spacial score (nSPS) is 22.4. The molecule has 2 atom stereocenters. The molecule has 12 heteroatoms. The largest absolute Gasteiger partial charge is 0.410 e. The van der Waals surface area contributed by atoms with E-state index in [1.807, 2.05) is 0 Å². The number of hydrogen-bond acceptors (Lipinski definition) is 6. The highest BCUT2D eigenvalue weighted by Crippen LogP contribution is 2.46. The first-order valence-electron chi connectivity index (χ1n) is 9.57. The van der Waals surface area contributed by atoms with Gasteiger partial charge in [-0.2, -0.15) is 18.3 Å².